The predicted molar refractivity (Wildman–Crippen MR) is 74.4 cm³/mol. The molecule has 2 fully saturated rings. The molecule has 3 heteroatoms. The van der Waals surface area contributed by atoms with Crippen LogP contribution in [0.25, 0.3) is 0 Å². The average molecular weight is 252 g/mol. The van der Waals surface area contributed by atoms with E-state index in [0.717, 1.165) is 26.2 Å². The monoisotopic (exact) mass is 252 g/mol. The summed E-state index contributed by atoms with van der Waals surface area (Å²) in [6.45, 7) is 7.88. The Morgan fingerprint density at radius 2 is 1.83 bits per heavy atom. The number of hydrogen-bond acceptors (Lipinski definition) is 2. The van der Waals surface area contributed by atoms with E-state index in [1.165, 1.54) is 38.5 Å². The van der Waals surface area contributed by atoms with Crippen molar-refractivity contribution in [1.82, 2.24) is 10.2 Å². The molecule has 0 aromatic carbocycles. The molecule has 18 heavy (non-hydrogen) atoms. The molecule has 2 aliphatic rings. The van der Waals surface area contributed by atoms with Gasteiger partial charge in [-0.3, -0.25) is 4.79 Å². The van der Waals surface area contributed by atoms with Crippen molar-refractivity contribution >= 4 is 5.91 Å². The van der Waals surface area contributed by atoms with Gasteiger partial charge in [0.2, 0.25) is 5.91 Å². The lowest BCUT2D eigenvalue weighted by molar-refractivity contribution is -0.137. The summed E-state index contributed by atoms with van der Waals surface area (Å²) in [5.74, 6) is 0.478. The van der Waals surface area contributed by atoms with E-state index in [2.05, 4.69) is 17.1 Å². The zero-order chi connectivity index (χ0) is 13.0. The average Bonchev–Trinajstić information content (AvgIpc) is 2.84. The molecule has 1 aliphatic heterocycles. The van der Waals surface area contributed by atoms with Crippen molar-refractivity contribution in [1.29, 1.82) is 0 Å². The molecule has 3 nitrogen and oxygen atoms in total. The van der Waals surface area contributed by atoms with Crippen LogP contribution in [-0.2, 0) is 4.79 Å². The molecule has 1 aliphatic carbocycles. The molecular weight excluding hydrogens is 224 g/mol. The van der Waals surface area contributed by atoms with Gasteiger partial charge in [0.05, 0.1) is 0 Å². The van der Waals surface area contributed by atoms with Crippen LogP contribution >= 0.6 is 0 Å². The summed E-state index contributed by atoms with van der Waals surface area (Å²) in [5.41, 5.74) is 0.613. The molecule has 1 amide bonds. The number of piperidine rings is 1. The summed E-state index contributed by atoms with van der Waals surface area (Å²) in [5, 5.41) is 3.27. The first-order valence-electron chi connectivity index (χ1n) is 7.66. The Balaban J connectivity index is 1.79. The van der Waals surface area contributed by atoms with Crippen LogP contribution < -0.4 is 5.32 Å². The summed E-state index contributed by atoms with van der Waals surface area (Å²) >= 11 is 0. The van der Waals surface area contributed by atoms with E-state index in [-0.39, 0.29) is 5.92 Å². The van der Waals surface area contributed by atoms with Crippen molar-refractivity contribution in [3.05, 3.63) is 0 Å². The number of hydrogen-bond donors (Lipinski definition) is 1. The highest BCUT2D eigenvalue weighted by Crippen LogP contribution is 2.46. The number of nitrogens with zero attached hydrogens (tertiary/aromatic N) is 1. The Labute approximate surface area is 111 Å². The molecule has 0 radical (unpaired) electrons. The first kappa shape index (κ1) is 13.9. The lowest BCUT2D eigenvalue weighted by Gasteiger charge is -2.40. The van der Waals surface area contributed by atoms with Crippen LogP contribution in [0.5, 0.6) is 0 Å². The molecule has 1 N–H and O–H groups in total. The molecular formula is C15H28N2O. The molecule has 0 aromatic heterocycles. The molecule has 1 saturated heterocycles. The number of rotatable bonds is 4. The van der Waals surface area contributed by atoms with Crippen molar-refractivity contribution < 1.29 is 4.79 Å². The van der Waals surface area contributed by atoms with E-state index in [0.29, 0.717) is 11.3 Å². The molecule has 1 unspecified atom stereocenters. The van der Waals surface area contributed by atoms with Gasteiger partial charge < -0.3 is 10.2 Å². The Morgan fingerprint density at radius 1 is 1.22 bits per heavy atom. The second-order valence-electron chi connectivity index (χ2n) is 6.24. The van der Waals surface area contributed by atoms with E-state index >= 15 is 0 Å². The van der Waals surface area contributed by atoms with Crippen molar-refractivity contribution in [2.24, 2.45) is 11.3 Å². The van der Waals surface area contributed by atoms with Crippen LogP contribution in [0.4, 0.5) is 0 Å². The van der Waals surface area contributed by atoms with Crippen LogP contribution in [0.2, 0.25) is 0 Å². The Hall–Kier alpha value is -0.570. The maximum atomic E-state index is 12.3. The molecule has 1 saturated carbocycles. The third kappa shape index (κ3) is 3.05. The summed E-state index contributed by atoms with van der Waals surface area (Å²) < 4.78 is 0. The van der Waals surface area contributed by atoms with Crippen molar-refractivity contribution in [3.8, 4) is 0 Å². The van der Waals surface area contributed by atoms with Crippen LogP contribution in [0, 0.1) is 11.3 Å². The molecule has 104 valence electrons. The minimum atomic E-state index is 0.127. The number of carbonyl (C=O) groups is 1. The van der Waals surface area contributed by atoms with Gasteiger partial charge in [-0.1, -0.05) is 26.7 Å². The largest absolute Gasteiger partial charge is 0.342 e. The highest BCUT2D eigenvalue weighted by Gasteiger charge is 2.38. The fraction of sp³-hybridized carbons (Fsp3) is 0.933. The summed E-state index contributed by atoms with van der Waals surface area (Å²) in [4.78, 5) is 14.4. The number of nitrogens with one attached hydrogen (secondary N) is 1. The van der Waals surface area contributed by atoms with Gasteiger partial charge in [0, 0.05) is 25.6 Å². The highest BCUT2D eigenvalue weighted by atomic mass is 16.2. The van der Waals surface area contributed by atoms with Crippen molar-refractivity contribution in [3.63, 3.8) is 0 Å². The summed E-state index contributed by atoms with van der Waals surface area (Å²) in [6.07, 6.45) is 8.11. The molecule has 1 heterocycles. The Kier molecular flexibility index (Phi) is 4.66. The maximum Gasteiger partial charge on any atom is 0.226 e. The van der Waals surface area contributed by atoms with Crippen molar-refractivity contribution in [2.75, 3.05) is 26.2 Å². The highest BCUT2D eigenvalue weighted by molar-refractivity contribution is 5.78. The lowest BCUT2D eigenvalue weighted by atomic mass is 9.77. The van der Waals surface area contributed by atoms with Crippen LogP contribution in [0.15, 0.2) is 0 Å². The molecule has 0 aromatic rings. The van der Waals surface area contributed by atoms with Gasteiger partial charge in [-0.15, -0.1) is 0 Å². The van der Waals surface area contributed by atoms with Crippen LogP contribution in [0.3, 0.4) is 0 Å². The lowest BCUT2D eigenvalue weighted by Crippen LogP contribution is -2.45. The van der Waals surface area contributed by atoms with Gasteiger partial charge in [0.15, 0.2) is 0 Å². The summed E-state index contributed by atoms with van der Waals surface area (Å²) in [7, 11) is 0. The van der Waals surface area contributed by atoms with Gasteiger partial charge in [-0.2, -0.15) is 0 Å². The SMILES string of the molecule is CCNCC(C)C(=O)N1CCC2(CCCC2)CC1. The minimum Gasteiger partial charge on any atom is -0.342 e. The van der Waals surface area contributed by atoms with Crippen molar-refractivity contribution in [2.45, 2.75) is 52.4 Å². The Bertz CT molecular complexity index is 274. The first-order chi connectivity index (χ1) is 8.67. The van der Waals surface area contributed by atoms with E-state index in [4.69, 9.17) is 0 Å². The number of likely N-dealkylation sites (tertiary alicyclic amines) is 1. The third-order valence-electron chi connectivity index (χ3n) is 4.92. The quantitative estimate of drug-likeness (QED) is 0.833. The predicted octanol–water partition coefficient (Wildman–Crippen LogP) is 2.41. The van der Waals surface area contributed by atoms with Gasteiger partial charge >= 0.3 is 0 Å². The van der Waals surface area contributed by atoms with E-state index < -0.39 is 0 Å². The maximum absolute atomic E-state index is 12.3. The zero-order valence-corrected chi connectivity index (χ0v) is 12.0. The van der Waals surface area contributed by atoms with Gasteiger partial charge in [0.1, 0.15) is 0 Å². The first-order valence-corrected chi connectivity index (χ1v) is 7.66. The minimum absolute atomic E-state index is 0.127. The molecule has 1 spiro atoms. The van der Waals surface area contributed by atoms with Gasteiger partial charge in [0.25, 0.3) is 0 Å². The normalized spacial score (nSPS) is 24.4. The van der Waals surface area contributed by atoms with Gasteiger partial charge in [-0.05, 0) is 37.6 Å². The molecule has 2 rings (SSSR count). The topological polar surface area (TPSA) is 32.3 Å². The van der Waals surface area contributed by atoms with Crippen LogP contribution in [-0.4, -0.2) is 37.0 Å². The second-order valence-corrected chi connectivity index (χ2v) is 6.24. The molecule has 1 atom stereocenters. The smallest absolute Gasteiger partial charge is 0.226 e. The van der Waals surface area contributed by atoms with E-state index in [9.17, 15) is 4.79 Å². The molecule has 0 bridgehead atoms. The number of amides is 1. The van der Waals surface area contributed by atoms with E-state index in [1.807, 2.05) is 6.92 Å². The third-order valence-corrected chi connectivity index (χ3v) is 4.92. The van der Waals surface area contributed by atoms with Crippen LogP contribution in [0.1, 0.15) is 52.4 Å². The standard InChI is InChI=1S/C15H28N2O/c1-3-16-12-13(2)14(18)17-10-8-15(9-11-17)6-4-5-7-15/h13,16H,3-12H2,1-2H3. The second kappa shape index (κ2) is 6.05. The Morgan fingerprint density at radius 3 is 2.39 bits per heavy atom. The summed E-state index contributed by atoms with van der Waals surface area (Å²) in [6, 6.07) is 0. The fourth-order valence-corrected chi connectivity index (χ4v) is 3.59. The van der Waals surface area contributed by atoms with Gasteiger partial charge in [-0.25, -0.2) is 0 Å². The number of carbonyl (C=O) groups excluding carboxylic acids is 1. The zero-order valence-electron chi connectivity index (χ0n) is 12.0. The fourth-order valence-electron chi connectivity index (χ4n) is 3.59. The van der Waals surface area contributed by atoms with E-state index in [1.54, 1.807) is 0 Å².